The number of halogens is 1. The van der Waals surface area contributed by atoms with Crippen LogP contribution in [0.2, 0.25) is 5.02 Å². The van der Waals surface area contributed by atoms with Crippen LogP contribution < -0.4 is 0 Å². The standard InChI is InChI=1S/C17H15ClO4S/c1-2-22-12-16(17(19)13-6-4-3-5-7-13)23(20,21)15-10-8-14(18)9-11-15/h3-12H,2H2,1H3/b16-12+. The largest absolute Gasteiger partial charge is 0.500 e. The van der Waals surface area contributed by atoms with Crippen LogP contribution in [0.4, 0.5) is 0 Å². The molecule has 0 fully saturated rings. The molecule has 4 nitrogen and oxygen atoms in total. The maximum atomic E-state index is 12.8. The lowest BCUT2D eigenvalue weighted by molar-refractivity contribution is 0.103. The second-order valence-corrected chi connectivity index (χ2v) is 6.94. The number of ether oxygens (including phenoxy) is 1. The number of carbonyl (C=O) groups is 1. The van der Waals surface area contributed by atoms with E-state index < -0.39 is 20.5 Å². The zero-order valence-corrected chi connectivity index (χ0v) is 14.0. The maximum absolute atomic E-state index is 12.8. The van der Waals surface area contributed by atoms with E-state index in [1.165, 1.54) is 24.3 Å². The summed E-state index contributed by atoms with van der Waals surface area (Å²) in [5, 5.41) is 0.411. The van der Waals surface area contributed by atoms with Gasteiger partial charge in [-0.3, -0.25) is 4.79 Å². The highest BCUT2D eigenvalue weighted by Crippen LogP contribution is 2.24. The molecule has 0 aromatic heterocycles. The van der Waals surface area contributed by atoms with Crippen LogP contribution in [0.15, 0.2) is 70.7 Å². The number of sulfone groups is 1. The van der Waals surface area contributed by atoms with Crippen molar-refractivity contribution in [3.8, 4) is 0 Å². The van der Waals surface area contributed by atoms with Gasteiger partial charge in [-0.25, -0.2) is 8.42 Å². The van der Waals surface area contributed by atoms with E-state index in [0.717, 1.165) is 6.26 Å². The number of hydrogen-bond donors (Lipinski definition) is 0. The molecule has 120 valence electrons. The van der Waals surface area contributed by atoms with Crippen LogP contribution in [0.3, 0.4) is 0 Å². The molecule has 0 radical (unpaired) electrons. The Bertz CT molecular complexity index is 809. The van der Waals surface area contributed by atoms with Gasteiger partial charge in [-0.05, 0) is 31.2 Å². The molecule has 6 heteroatoms. The topological polar surface area (TPSA) is 60.4 Å². The van der Waals surface area contributed by atoms with Gasteiger partial charge in [0.05, 0.1) is 11.5 Å². The van der Waals surface area contributed by atoms with Gasteiger partial charge >= 0.3 is 0 Å². The van der Waals surface area contributed by atoms with E-state index in [1.807, 2.05) is 0 Å². The van der Waals surface area contributed by atoms with Gasteiger partial charge in [0.25, 0.3) is 0 Å². The van der Waals surface area contributed by atoms with Gasteiger partial charge in [-0.2, -0.15) is 0 Å². The van der Waals surface area contributed by atoms with Gasteiger partial charge in [-0.15, -0.1) is 0 Å². The lowest BCUT2D eigenvalue weighted by atomic mass is 10.1. The third kappa shape index (κ3) is 4.00. The van der Waals surface area contributed by atoms with Crippen molar-refractivity contribution in [1.82, 2.24) is 0 Å². The number of rotatable bonds is 6. The Morgan fingerprint density at radius 3 is 2.26 bits per heavy atom. The molecular weight excluding hydrogens is 336 g/mol. The highest BCUT2D eigenvalue weighted by Gasteiger charge is 2.28. The molecule has 0 N–H and O–H groups in total. The Kier molecular flexibility index (Phi) is 5.58. The Morgan fingerprint density at radius 2 is 1.70 bits per heavy atom. The molecule has 0 saturated heterocycles. The molecule has 0 aliphatic carbocycles. The van der Waals surface area contributed by atoms with Crippen LogP contribution in [0, 0.1) is 0 Å². The number of ketones is 1. The van der Waals surface area contributed by atoms with Gasteiger partial charge in [0, 0.05) is 10.6 Å². The summed E-state index contributed by atoms with van der Waals surface area (Å²) >= 11 is 5.78. The van der Waals surface area contributed by atoms with Crippen LogP contribution in [-0.4, -0.2) is 20.8 Å². The van der Waals surface area contributed by atoms with E-state index in [2.05, 4.69) is 0 Å². The molecule has 0 atom stereocenters. The molecule has 2 aromatic carbocycles. The van der Waals surface area contributed by atoms with Crippen LogP contribution in [0.25, 0.3) is 0 Å². The average Bonchev–Trinajstić information content (AvgIpc) is 2.56. The summed E-state index contributed by atoms with van der Waals surface area (Å²) in [7, 11) is -4.01. The Hall–Kier alpha value is -2.11. The fourth-order valence-electron chi connectivity index (χ4n) is 1.87. The van der Waals surface area contributed by atoms with Crippen molar-refractivity contribution >= 4 is 27.2 Å². The minimum absolute atomic E-state index is 0.0165. The van der Waals surface area contributed by atoms with E-state index in [-0.39, 0.29) is 17.1 Å². The Labute approximate surface area is 140 Å². The van der Waals surface area contributed by atoms with Gasteiger partial charge < -0.3 is 4.74 Å². The summed E-state index contributed by atoms with van der Waals surface area (Å²) in [4.78, 5) is 12.2. The number of benzene rings is 2. The highest BCUT2D eigenvalue weighted by molar-refractivity contribution is 7.96. The summed E-state index contributed by atoms with van der Waals surface area (Å²) in [6, 6.07) is 13.8. The fraction of sp³-hybridized carbons (Fsp3) is 0.118. The first kappa shape index (κ1) is 17.2. The smallest absolute Gasteiger partial charge is 0.213 e. The molecule has 0 spiro atoms. The lowest BCUT2D eigenvalue weighted by Gasteiger charge is -2.09. The summed E-state index contributed by atoms with van der Waals surface area (Å²) in [5.74, 6) is -0.617. The van der Waals surface area contributed by atoms with Crippen molar-refractivity contribution in [2.45, 2.75) is 11.8 Å². The maximum Gasteiger partial charge on any atom is 0.213 e. The van der Waals surface area contributed by atoms with Crippen molar-refractivity contribution in [3.63, 3.8) is 0 Å². The number of hydrogen-bond acceptors (Lipinski definition) is 4. The van der Waals surface area contributed by atoms with E-state index in [0.29, 0.717) is 5.02 Å². The number of allylic oxidation sites excluding steroid dienone is 1. The molecule has 23 heavy (non-hydrogen) atoms. The van der Waals surface area contributed by atoms with E-state index in [9.17, 15) is 13.2 Å². The molecular formula is C17H15ClO4S. The molecule has 0 heterocycles. The van der Waals surface area contributed by atoms with Crippen molar-refractivity contribution in [1.29, 1.82) is 0 Å². The van der Waals surface area contributed by atoms with Gasteiger partial charge in [-0.1, -0.05) is 41.9 Å². The van der Waals surface area contributed by atoms with Gasteiger partial charge in [0.15, 0.2) is 4.91 Å². The van der Waals surface area contributed by atoms with Crippen LogP contribution in [0.1, 0.15) is 17.3 Å². The SMILES string of the molecule is CCO/C=C(\C(=O)c1ccccc1)S(=O)(=O)c1ccc(Cl)cc1. The highest BCUT2D eigenvalue weighted by atomic mass is 35.5. The van der Waals surface area contributed by atoms with Gasteiger partial charge in [0.2, 0.25) is 15.6 Å². The molecule has 0 aliphatic rings. The predicted octanol–water partition coefficient (Wildman–Crippen LogP) is 3.87. The first-order valence-corrected chi connectivity index (χ1v) is 8.75. The summed E-state index contributed by atoms with van der Waals surface area (Å²) in [6.45, 7) is 1.96. The van der Waals surface area contributed by atoms with Crippen LogP contribution in [-0.2, 0) is 14.6 Å². The van der Waals surface area contributed by atoms with Crippen LogP contribution >= 0.6 is 11.6 Å². The second kappa shape index (κ2) is 7.44. The van der Waals surface area contributed by atoms with Crippen LogP contribution in [0.5, 0.6) is 0 Å². The van der Waals surface area contributed by atoms with Crippen molar-refractivity contribution in [3.05, 3.63) is 76.4 Å². The molecule has 0 saturated carbocycles. The van der Waals surface area contributed by atoms with E-state index >= 15 is 0 Å². The quantitative estimate of drug-likeness (QED) is 0.450. The third-order valence-corrected chi connectivity index (χ3v) is 5.04. The first-order valence-electron chi connectivity index (χ1n) is 6.89. The Balaban J connectivity index is 2.50. The second-order valence-electron chi connectivity index (χ2n) is 4.59. The van der Waals surface area contributed by atoms with Crippen molar-refractivity contribution in [2.75, 3.05) is 6.61 Å². The number of carbonyl (C=O) groups excluding carboxylic acids is 1. The molecule has 0 amide bonds. The first-order chi connectivity index (χ1) is 11.0. The molecule has 0 unspecified atom stereocenters. The zero-order chi connectivity index (χ0) is 16.9. The zero-order valence-electron chi connectivity index (χ0n) is 12.4. The summed E-state index contributed by atoms with van der Waals surface area (Å²) in [5.41, 5.74) is 0.274. The van der Waals surface area contributed by atoms with E-state index in [4.69, 9.17) is 16.3 Å². The number of Topliss-reactive ketones (excluding diaryl/α,β-unsaturated/α-hetero) is 1. The normalized spacial score (nSPS) is 12.0. The molecule has 2 rings (SSSR count). The predicted molar refractivity (Wildman–Crippen MR) is 89.1 cm³/mol. The minimum Gasteiger partial charge on any atom is -0.500 e. The minimum atomic E-state index is -4.01. The lowest BCUT2D eigenvalue weighted by Crippen LogP contribution is -2.15. The Morgan fingerprint density at radius 1 is 1.09 bits per heavy atom. The average molecular weight is 351 g/mol. The van der Waals surface area contributed by atoms with Crippen molar-refractivity contribution in [2.24, 2.45) is 0 Å². The molecule has 2 aromatic rings. The monoisotopic (exact) mass is 350 g/mol. The van der Waals surface area contributed by atoms with Gasteiger partial charge in [0.1, 0.15) is 6.26 Å². The fourth-order valence-corrected chi connectivity index (χ4v) is 3.30. The third-order valence-electron chi connectivity index (χ3n) is 3.03. The summed E-state index contributed by atoms with van der Waals surface area (Å²) in [6.07, 6.45) is 0.999. The summed E-state index contributed by atoms with van der Waals surface area (Å²) < 4.78 is 30.6. The molecule has 0 aliphatic heterocycles. The van der Waals surface area contributed by atoms with Crippen molar-refractivity contribution < 1.29 is 17.9 Å². The van der Waals surface area contributed by atoms with E-state index in [1.54, 1.807) is 37.3 Å². The molecule has 0 bridgehead atoms.